The van der Waals surface area contributed by atoms with Crippen LogP contribution in [0.3, 0.4) is 0 Å². The molecule has 0 saturated heterocycles. The Hall–Kier alpha value is -0.740. The Morgan fingerprint density at radius 3 is 1.25 bits per heavy atom. The summed E-state index contributed by atoms with van der Waals surface area (Å²) in [5.41, 5.74) is 0. The number of carbonyl (C=O) groups excluding carboxylic acids is 2. The van der Waals surface area contributed by atoms with Crippen LogP contribution in [0.4, 0.5) is 0 Å². The van der Waals surface area contributed by atoms with Gasteiger partial charge in [-0.2, -0.15) is 0 Å². The van der Waals surface area contributed by atoms with Gasteiger partial charge in [0.25, 0.3) is 0 Å². The second-order valence-electron chi connectivity index (χ2n) is 1.11. The number of nitrogens with two attached hydrogens (primary N) is 1. The SMILES string of the molecule is CC(=O)C(C)=O.NO. The second kappa shape index (κ2) is 6.26. The van der Waals surface area contributed by atoms with Crippen molar-refractivity contribution in [3.8, 4) is 0 Å². The first-order valence-electron chi connectivity index (χ1n) is 1.92. The lowest BCUT2D eigenvalue weighted by Crippen LogP contribution is -2.01. The van der Waals surface area contributed by atoms with Crippen LogP contribution in [0.1, 0.15) is 13.8 Å². The summed E-state index contributed by atoms with van der Waals surface area (Å²) in [5, 5.41) is 6.50. The maximum atomic E-state index is 9.79. The Kier molecular flexibility index (Phi) is 8.05. The van der Waals surface area contributed by atoms with Crippen LogP contribution in [0.5, 0.6) is 0 Å². The van der Waals surface area contributed by atoms with Gasteiger partial charge in [-0.1, -0.05) is 0 Å². The molecule has 0 heterocycles. The first-order chi connectivity index (χ1) is 3.64. The van der Waals surface area contributed by atoms with Gasteiger partial charge in [-0.3, -0.25) is 9.59 Å². The smallest absolute Gasteiger partial charge is 0.195 e. The Balaban J connectivity index is 0. The minimum absolute atomic E-state index is 0.380. The lowest BCUT2D eigenvalue weighted by atomic mass is 10.3. The summed E-state index contributed by atoms with van der Waals surface area (Å²) in [6.07, 6.45) is 0. The minimum Gasteiger partial charge on any atom is -0.320 e. The number of ketones is 2. The van der Waals surface area contributed by atoms with E-state index in [-0.39, 0.29) is 11.6 Å². The number of Topliss-reactive ketones (excluding diaryl/α,β-unsaturated/α-hetero) is 2. The third kappa shape index (κ3) is 8.98. The van der Waals surface area contributed by atoms with Crippen LogP contribution < -0.4 is 5.90 Å². The first kappa shape index (κ1) is 10.3. The van der Waals surface area contributed by atoms with E-state index in [0.29, 0.717) is 0 Å². The van der Waals surface area contributed by atoms with Crippen molar-refractivity contribution in [2.75, 3.05) is 0 Å². The second-order valence-corrected chi connectivity index (χ2v) is 1.11. The Bertz CT molecular complexity index is 77.3. The molecule has 48 valence electrons. The van der Waals surface area contributed by atoms with Gasteiger partial charge < -0.3 is 5.21 Å². The minimum atomic E-state index is -0.380. The fourth-order valence-corrected chi connectivity index (χ4v) is 0. The molecule has 0 atom stereocenters. The zero-order valence-corrected chi connectivity index (χ0v) is 4.84. The van der Waals surface area contributed by atoms with Gasteiger partial charge in [0.15, 0.2) is 11.6 Å². The van der Waals surface area contributed by atoms with Crippen LogP contribution in [-0.2, 0) is 9.59 Å². The quantitative estimate of drug-likeness (QED) is 0.360. The van der Waals surface area contributed by atoms with E-state index >= 15 is 0 Å². The number of rotatable bonds is 1. The molecule has 0 amide bonds. The number of hydrogen-bond acceptors (Lipinski definition) is 4. The highest BCUT2D eigenvalue weighted by Gasteiger charge is 1.94. The molecule has 3 N–H and O–H groups in total. The van der Waals surface area contributed by atoms with E-state index in [9.17, 15) is 9.59 Å². The van der Waals surface area contributed by atoms with Gasteiger partial charge in [0, 0.05) is 13.8 Å². The van der Waals surface area contributed by atoms with Crippen LogP contribution in [0, 0.1) is 0 Å². The van der Waals surface area contributed by atoms with E-state index in [4.69, 9.17) is 5.21 Å². The standard InChI is InChI=1S/C4H6O2.H3NO/c1-3(5)4(2)6;1-2/h1-2H3;2H,1H2. The van der Waals surface area contributed by atoms with Crippen LogP contribution >= 0.6 is 0 Å². The van der Waals surface area contributed by atoms with Crippen molar-refractivity contribution >= 4 is 11.6 Å². The average Bonchev–Trinajstić information content (AvgIpc) is 1.72. The van der Waals surface area contributed by atoms with Crippen LogP contribution in [0.25, 0.3) is 0 Å². The first-order valence-corrected chi connectivity index (χ1v) is 1.92. The fourth-order valence-electron chi connectivity index (χ4n) is 0. The van der Waals surface area contributed by atoms with Crippen molar-refractivity contribution in [3.05, 3.63) is 0 Å². The maximum absolute atomic E-state index is 9.79. The van der Waals surface area contributed by atoms with Crippen molar-refractivity contribution in [3.63, 3.8) is 0 Å². The van der Waals surface area contributed by atoms with Crippen LogP contribution in [0.15, 0.2) is 0 Å². The molecule has 0 aromatic carbocycles. The molecule has 0 radical (unpaired) electrons. The average molecular weight is 119 g/mol. The summed E-state index contributed by atoms with van der Waals surface area (Å²) < 4.78 is 0. The van der Waals surface area contributed by atoms with Crippen molar-refractivity contribution in [2.24, 2.45) is 5.90 Å². The molecule has 0 rings (SSSR count). The lowest BCUT2D eigenvalue weighted by Gasteiger charge is -1.73. The molecule has 0 aromatic rings. The Morgan fingerprint density at radius 1 is 1.12 bits per heavy atom. The highest BCUT2D eigenvalue weighted by atomic mass is 16.4. The fraction of sp³-hybridized carbons (Fsp3) is 0.500. The summed E-state index contributed by atoms with van der Waals surface area (Å²) in [4.78, 5) is 19.6. The molecule has 0 fully saturated rings. The van der Waals surface area contributed by atoms with E-state index in [1.165, 1.54) is 13.8 Å². The van der Waals surface area contributed by atoms with Gasteiger partial charge in [-0.15, -0.1) is 0 Å². The van der Waals surface area contributed by atoms with Crippen molar-refractivity contribution in [1.82, 2.24) is 0 Å². The molecule has 0 unspecified atom stereocenters. The third-order valence-corrected chi connectivity index (χ3v) is 0.496. The van der Waals surface area contributed by atoms with E-state index in [1.54, 1.807) is 0 Å². The number of carbonyl (C=O) groups is 2. The molecule has 0 bridgehead atoms. The topological polar surface area (TPSA) is 80.4 Å². The van der Waals surface area contributed by atoms with Crippen molar-refractivity contribution < 1.29 is 14.8 Å². The predicted octanol–water partition coefficient (Wildman–Crippen LogP) is -0.501. The van der Waals surface area contributed by atoms with Gasteiger partial charge >= 0.3 is 0 Å². The third-order valence-electron chi connectivity index (χ3n) is 0.496. The van der Waals surface area contributed by atoms with E-state index in [2.05, 4.69) is 5.90 Å². The number of hydrogen-bond donors (Lipinski definition) is 2. The molecule has 0 saturated carbocycles. The van der Waals surface area contributed by atoms with Gasteiger partial charge in [0.1, 0.15) is 0 Å². The van der Waals surface area contributed by atoms with Gasteiger partial charge in [-0.25, -0.2) is 5.90 Å². The molecular formula is C4H9NO3. The van der Waals surface area contributed by atoms with E-state index < -0.39 is 0 Å². The zero-order chi connectivity index (χ0) is 7.15. The molecule has 0 aliphatic heterocycles. The predicted molar refractivity (Wildman–Crippen MR) is 27.3 cm³/mol. The summed E-state index contributed by atoms with van der Waals surface area (Å²) in [5.74, 6) is 2.74. The Morgan fingerprint density at radius 2 is 1.25 bits per heavy atom. The summed E-state index contributed by atoms with van der Waals surface area (Å²) in [6.45, 7) is 2.50. The molecule has 0 aliphatic rings. The largest absolute Gasteiger partial charge is 0.320 e. The zero-order valence-electron chi connectivity index (χ0n) is 4.84. The highest BCUT2D eigenvalue weighted by molar-refractivity contribution is 6.35. The molecule has 0 spiro atoms. The van der Waals surface area contributed by atoms with Gasteiger partial charge in [0.05, 0.1) is 0 Å². The monoisotopic (exact) mass is 119 g/mol. The van der Waals surface area contributed by atoms with Crippen LogP contribution in [0.2, 0.25) is 0 Å². The molecule has 4 nitrogen and oxygen atoms in total. The van der Waals surface area contributed by atoms with Crippen molar-refractivity contribution in [2.45, 2.75) is 13.8 Å². The maximum Gasteiger partial charge on any atom is 0.195 e. The highest BCUT2D eigenvalue weighted by Crippen LogP contribution is 1.66. The molecule has 0 aliphatic carbocycles. The molecule has 4 heteroatoms. The Labute approximate surface area is 47.3 Å². The normalized spacial score (nSPS) is 6.50. The molecule has 8 heavy (non-hydrogen) atoms. The van der Waals surface area contributed by atoms with Gasteiger partial charge in [-0.05, 0) is 0 Å². The molecule has 0 aromatic heterocycles. The van der Waals surface area contributed by atoms with Crippen LogP contribution in [-0.4, -0.2) is 16.8 Å². The van der Waals surface area contributed by atoms with E-state index in [1.807, 2.05) is 0 Å². The molecular weight excluding hydrogens is 110 g/mol. The summed E-state index contributed by atoms with van der Waals surface area (Å²) in [6, 6.07) is 0. The summed E-state index contributed by atoms with van der Waals surface area (Å²) >= 11 is 0. The van der Waals surface area contributed by atoms with Gasteiger partial charge in [0.2, 0.25) is 0 Å². The van der Waals surface area contributed by atoms with Crippen molar-refractivity contribution in [1.29, 1.82) is 0 Å². The van der Waals surface area contributed by atoms with E-state index in [0.717, 1.165) is 0 Å². The lowest BCUT2D eigenvalue weighted by molar-refractivity contribution is -0.134. The summed E-state index contributed by atoms with van der Waals surface area (Å²) in [7, 11) is 0.